The number of hydrogen-bond donors (Lipinski definition) is 2. The number of carboxylic acid groups (broad SMARTS) is 1. The third kappa shape index (κ3) is 4.35. The van der Waals surface area contributed by atoms with Crippen molar-refractivity contribution in [3.63, 3.8) is 0 Å². The third-order valence-electron chi connectivity index (χ3n) is 3.12. The van der Waals surface area contributed by atoms with Crippen molar-refractivity contribution in [2.45, 2.75) is 45.6 Å². The van der Waals surface area contributed by atoms with Crippen LogP contribution < -0.4 is 5.32 Å². The van der Waals surface area contributed by atoms with Gasteiger partial charge in [0.05, 0.1) is 0 Å². The molecule has 0 aromatic heterocycles. The van der Waals surface area contributed by atoms with Gasteiger partial charge < -0.3 is 10.0 Å². The summed E-state index contributed by atoms with van der Waals surface area (Å²) in [4.78, 5) is 35.4. The van der Waals surface area contributed by atoms with Crippen molar-refractivity contribution in [3.05, 3.63) is 0 Å². The Labute approximate surface area is 106 Å². The lowest BCUT2D eigenvalue weighted by atomic mass is 10.0. The van der Waals surface area contributed by atoms with Gasteiger partial charge in [0.15, 0.2) is 0 Å². The Bertz CT molecular complexity index is 343. The van der Waals surface area contributed by atoms with Crippen LogP contribution in [0.4, 0.5) is 4.79 Å². The first-order valence-corrected chi connectivity index (χ1v) is 6.22. The first-order valence-electron chi connectivity index (χ1n) is 6.22. The predicted octanol–water partition coefficient (Wildman–Crippen LogP) is 1.21. The van der Waals surface area contributed by atoms with E-state index in [4.69, 9.17) is 5.11 Å². The maximum atomic E-state index is 11.7. The molecular weight excluding hydrogens is 236 g/mol. The molecule has 1 fully saturated rings. The Morgan fingerprint density at radius 3 is 2.56 bits per heavy atom. The number of imide groups is 1. The van der Waals surface area contributed by atoms with E-state index < -0.39 is 11.9 Å². The number of hydrogen-bond acceptors (Lipinski definition) is 3. The standard InChI is InChI=1S/C12H20N2O4/c1-8(7-11(16)17)6-10(15)13-12(18)14-5-3-4-9(14)2/h8-9H,3-7H2,1-2H3,(H,16,17)(H,13,15,18). The van der Waals surface area contributed by atoms with Gasteiger partial charge in [0.25, 0.3) is 0 Å². The van der Waals surface area contributed by atoms with Gasteiger partial charge in [0.1, 0.15) is 0 Å². The lowest BCUT2D eigenvalue weighted by Gasteiger charge is -2.21. The number of nitrogens with one attached hydrogen (secondary N) is 1. The number of aliphatic carboxylic acids is 1. The quantitative estimate of drug-likeness (QED) is 0.791. The van der Waals surface area contributed by atoms with Gasteiger partial charge in [-0.05, 0) is 25.7 Å². The molecule has 0 bridgehead atoms. The molecule has 102 valence electrons. The van der Waals surface area contributed by atoms with Crippen LogP contribution in [0.2, 0.25) is 0 Å². The molecule has 0 aromatic carbocycles. The fourth-order valence-electron chi connectivity index (χ4n) is 2.16. The summed E-state index contributed by atoms with van der Waals surface area (Å²) in [6.07, 6.45) is 1.90. The summed E-state index contributed by atoms with van der Waals surface area (Å²) >= 11 is 0. The summed E-state index contributed by atoms with van der Waals surface area (Å²) in [5, 5.41) is 10.9. The zero-order valence-corrected chi connectivity index (χ0v) is 10.8. The number of urea groups is 1. The predicted molar refractivity (Wildman–Crippen MR) is 65.0 cm³/mol. The van der Waals surface area contributed by atoms with Crippen LogP contribution in [0, 0.1) is 5.92 Å². The highest BCUT2D eigenvalue weighted by Crippen LogP contribution is 2.16. The lowest BCUT2D eigenvalue weighted by Crippen LogP contribution is -2.44. The number of amides is 3. The molecule has 2 atom stereocenters. The van der Waals surface area contributed by atoms with E-state index in [1.807, 2.05) is 6.92 Å². The van der Waals surface area contributed by atoms with Crippen LogP contribution in [0.25, 0.3) is 0 Å². The van der Waals surface area contributed by atoms with E-state index in [1.54, 1.807) is 11.8 Å². The second-order valence-electron chi connectivity index (χ2n) is 4.95. The molecule has 0 aliphatic carbocycles. The van der Waals surface area contributed by atoms with Gasteiger partial charge in [-0.1, -0.05) is 6.92 Å². The molecule has 1 saturated heterocycles. The first-order chi connectivity index (χ1) is 8.40. The fraction of sp³-hybridized carbons (Fsp3) is 0.750. The van der Waals surface area contributed by atoms with E-state index >= 15 is 0 Å². The second-order valence-corrected chi connectivity index (χ2v) is 4.95. The second kappa shape index (κ2) is 6.37. The summed E-state index contributed by atoms with van der Waals surface area (Å²) in [6, 6.07) is -0.207. The van der Waals surface area contributed by atoms with Gasteiger partial charge in [-0.2, -0.15) is 0 Å². The molecule has 1 rings (SSSR count). The lowest BCUT2D eigenvalue weighted by molar-refractivity contribution is -0.138. The summed E-state index contributed by atoms with van der Waals surface area (Å²) in [6.45, 7) is 4.30. The Morgan fingerprint density at radius 1 is 1.39 bits per heavy atom. The average molecular weight is 256 g/mol. The molecule has 0 spiro atoms. The topological polar surface area (TPSA) is 86.7 Å². The number of carbonyl (C=O) groups is 3. The molecular formula is C12H20N2O4. The number of rotatable bonds is 4. The van der Waals surface area contributed by atoms with Crippen molar-refractivity contribution in [2.24, 2.45) is 5.92 Å². The molecule has 1 heterocycles. The number of nitrogens with zero attached hydrogens (tertiary/aromatic N) is 1. The monoisotopic (exact) mass is 256 g/mol. The van der Waals surface area contributed by atoms with E-state index in [2.05, 4.69) is 5.32 Å². The highest BCUT2D eigenvalue weighted by atomic mass is 16.4. The van der Waals surface area contributed by atoms with E-state index in [0.717, 1.165) is 12.8 Å². The van der Waals surface area contributed by atoms with Crippen LogP contribution >= 0.6 is 0 Å². The molecule has 0 aromatic rings. The van der Waals surface area contributed by atoms with Crippen LogP contribution in [0.5, 0.6) is 0 Å². The molecule has 3 amide bonds. The smallest absolute Gasteiger partial charge is 0.324 e. The zero-order chi connectivity index (χ0) is 13.7. The van der Waals surface area contributed by atoms with Gasteiger partial charge in [-0.15, -0.1) is 0 Å². The molecule has 6 nitrogen and oxygen atoms in total. The first kappa shape index (κ1) is 14.5. The normalized spacial score (nSPS) is 20.6. The summed E-state index contributed by atoms with van der Waals surface area (Å²) < 4.78 is 0. The maximum absolute atomic E-state index is 11.7. The van der Waals surface area contributed by atoms with Crippen molar-refractivity contribution >= 4 is 17.9 Å². The van der Waals surface area contributed by atoms with Gasteiger partial charge in [0.2, 0.25) is 5.91 Å². The molecule has 2 unspecified atom stereocenters. The van der Waals surface area contributed by atoms with Crippen LogP contribution in [0.3, 0.4) is 0 Å². The SMILES string of the molecule is CC(CC(=O)O)CC(=O)NC(=O)N1CCCC1C. The van der Waals surface area contributed by atoms with E-state index in [1.165, 1.54) is 0 Å². The maximum Gasteiger partial charge on any atom is 0.324 e. The summed E-state index contributed by atoms with van der Waals surface area (Å²) in [5.74, 6) is -1.62. The summed E-state index contributed by atoms with van der Waals surface area (Å²) in [5.41, 5.74) is 0. The zero-order valence-electron chi connectivity index (χ0n) is 10.8. The minimum Gasteiger partial charge on any atom is -0.481 e. The largest absolute Gasteiger partial charge is 0.481 e. The highest BCUT2D eigenvalue weighted by molar-refractivity contribution is 5.94. The van der Waals surface area contributed by atoms with Crippen LogP contribution in [0.15, 0.2) is 0 Å². The summed E-state index contributed by atoms with van der Waals surface area (Å²) in [7, 11) is 0. The van der Waals surface area contributed by atoms with E-state index in [0.29, 0.717) is 6.54 Å². The molecule has 1 aliphatic rings. The van der Waals surface area contributed by atoms with Crippen molar-refractivity contribution < 1.29 is 19.5 Å². The van der Waals surface area contributed by atoms with Gasteiger partial charge in [-0.25, -0.2) is 4.79 Å². The van der Waals surface area contributed by atoms with Crippen molar-refractivity contribution in [3.8, 4) is 0 Å². The van der Waals surface area contributed by atoms with Gasteiger partial charge in [-0.3, -0.25) is 14.9 Å². The third-order valence-corrected chi connectivity index (χ3v) is 3.12. The highest BCUT2D eigenvalue weighted by Gasteiger charge is 2.26. The van der Waals surface area contributed by atoms with Gasteiger partial charge >= 0.3 is 12.0 Å². The number of carbonyl (C=O) groups excluding carboxylic acids is 2. The molecule has 1 aliphatic heterocycles. The molecule has 6 heteroatoms. The minimum atomic E-state index is -0.935. The van der Waals surface area contributed by atoms with Crippen LogP contribution in [-0.4, -0.2) is 40.5 Å². The van der Waals surface area contributed by atoms with E-state index in [-0.39, 0.29) is 30.8 Å². The van der Waals surface area contributed by atoms with Crippen LogP contribution in [0.1, 0.15) is 39.5 Å². The van der Waals surface area contributed by atoms with Gasteiger partial charge in [0, 0.05) is 25.4 Å². The van der Waals surface area contributed by atoms with Crippen LogP contribution in [-0.2, 0) is 9.59 Å². The number of likely N-dealkylation sites (tertiary alicyclic amines) is 1. The van der Waals surface area contributed by atoms with Crippen molar-refractivity contribution in [1.29, 1.82) is 0 Å². The van der Waals surface area contributed by atoms with Crippen molar-refractivity contribution in [1.82, 2.24) is 10.2 Å². The Morgan fingerprint density at radius 2 is 2.06 bits per heavy atom. The molecule has 18 heavy (non-hydrogen) atoms. The average Bonchev–Trinajstić information content (AvgIpc) is 2.62. The fourth-order valence-corrected chi connectivity index (χ4v) is 2.16. The Balaban J connectivity index is 2.35. The van der Waals surface area contributed by atoms with Crippen molar-refractivity contribution in [2.75, 3.05) is 6.54 Å². The Kier molecular flexibility index (Phi) is 5.12. The molecule has 0 radical (unpaired) electrons. The van der Waals surface area contributed by atoms with E-state index in [9.17, 15) is 14.4 Å². The minimum absolute atomic E-state index is 0.0558. The number of carboxylic acids is 1. The molecule has 0 saturated carbocycles. The Hall–Kier alpha value is -1.59. The molecule has 2 N–H and O–H groups in total.